The van der Waals surface area contributed by atoms with Gasteiger partial charge in [0.25, 0.3) is 5.91 Å². The molecule has 0 unspecified atom stereocenters. The molecule has 0 heterocycles. The maximum absolute atomic E-state index is 12.1. The maximum atomic E-state index is 12.1. The smallest absolute Gasteiger partial charge is 0.273 e. The highest BCUT2D eigenvalue weighted by atomic mass is 79.9. The third-order valence-corrected chi connectivity index (χ3v) is 5.57. The monoisotopic (exact) mass is 536 g/mol. The molecule has 32 heavy (non-hydrogen) atoms. The van der Waals surface area contributed by atoms with Gasteiger partial charge in [0.05, 0.1) is 17.8 Å². The van der Waals surface area contributed by atoms with Gasteiger partial charge in [-0.05, 0) is 51.3 Å². The lowest BCUT2D eigenvalue weighted by Crippen LogP contribution is -2.25. The van der Waals surface area contributed by atoms with Crippen LogP contribution in [0.25, 0.3) is 0 Å². The van der Waals surface area contributed by atoms with E-state index in [4.69, 9.17) is 32.7 Å². The summed E-state index contributed by atoms with van der Waals surface area (Å²) in [4.78, 5) is 12.1. The van der Waals surface area contributed by atoms with Crippen LogP contribution in [0.15, 0.2) is 70.2 Å². The van der Waals surface area contributed by atoms with E-state index in [1.165, 1.54) is 13.3 Å². The van der Waals surface area contributed by atoms with Gasteiger partial charge in [-0.2, -0.15) is 5.10 Å². The van der Waals surface area contributed by atoms with E-state index in [1.807, 2.05) is 0 Å². The number of methoxy groups -OCH3 is 1. The molecule has 0 aliphatic rings. The topological polar surface area (TPSA) is 80.2 Å². The Hall–Kier alpha value is -2.58. The number of hydrogen-bond acceptors (Lipinski definition) is 5. The Morgan fingerprint density at radius 1 is 1.19 bits per heavy atom. The fourth-order valence-corrected chi connectivity index (χ4v) is 3.80. The number of aliphatic hydroxyl groups excluding tert-OH is 1. The molecule has 0 aliphatic carbocycles. The van der Waals surface area contributed by atoms with Crippen molar-refractivity contribution >= 4 is 51.3 Å². The summed E-state index contributed by atoms with van der Waals surface area (Å²) in [6, 6.07) is 17.2. The molecule has 166 valence electrons. The number of hydrazone groups is 1. The van der Waals surface area contributed by atoms with Crippen molar-refractivity contribution in [3.05, 3.63) is 91.9 Å². The van der Waals surface area contributed by atoms with Gasteiger partial charge in [-0.25, -0.2) is 5.43 Å². The molecule has 0 saturated carbocycles. The second kappa shape index (κ2) is 11.3. The molecule has 0 spiro atoms. The van der Waals surface area contributed by atoms with E-state index in [1.54, 1.807) is 60.7 Å². The Bertz CT molecular complexity index is 1130. The van der Waals surface area contributed by atoms with Gasteiger partial charge in [-0.1, -0.05) is 59.6 Å². The summed E-state index contributed by atoms with van der Waals surface area (Å²) < 4.78 is 12.0. The quantitative estimate of drug-likeness (QED) is 0.292. The molecule has 9 heteroatoms. The van der Waals surface area contributed by atoms with Crippen molar-refractivity contribution in [3.8, 4) is 11.5 Å². The largest absolute Gasteiger partial charge is 0.493 e. The molecule has 3 aromatic rings. The molecule has 1 atom stereocenters. The van der Waals surface area contributed by atoms with Crippen LogP contribution >= 0.6 is 39.1 Å². The van der Waals surface area contributed by atoms with Crippen molar-refractivity contribution in [2.75, 3.05) is 7.11 Å². The van der Waals surface area contributed by atoms with Gasteiger partial charge in [0.1, 0.15) is 6.61 Å². The number of nitrogens with one attached hydrogen (secondary N) is 1. The first-order valence-electron chi connectivity index (χ1n) is 9.39. The van der Waals surface area contributed by atoms with Crippen LogP contribution in [0.1, 0.15) is 22.8 Å². The SMILES string of the molecule is COc1cc(/C=N\NC(=O)[C@@H](O)c2ccccc2)cc(Br)c1OCc1ccc(Cl)cc1Cl. The second-order valence-electron chi connectivity index (χ2n) is 6.61. The van der Waals surface area contributed by atoms with Gasteiger partial charge in [-0.3, -0.25) is 4.79 Å². The Balaban J connectivity index is 1.68. The van der Waals surface area contributed by atoms with E-state index in [2.05, 4.69) is 26.5 Å². The summed E-state index contributed by atoms with van der Waals surface area (Å²) >= 11 is 15.6. The van der Waals surface area contributed by atoms with Crippen molar-refractivity contribution in [1.29, 1.82) is 0 Å². The summed E-state index contributed by atoms with van der Waals surface area (Å²) in [5, 5.41) is 15.1. The average molecular weight is 538 g/mol. The van der Waals surface area contributed by atoms with Gasteiger partial charge in [0.15, 0.2) is 17.6 Å². The van der Waals surface area contributed by atoms with E-state index in [0.29, 0.717) is 37.1 Å². The van der Waals surface area contributed by atoms with Crippen LogP contribution in [-0.2, 0) is 11.4 Å². The minimum absolute atomic E-state index is 0.214. The third kappa shape index (κ3) is 6.23. The first-order valence-corrected chi connectivity index (χ1v) is 10.9. The zero-order chi connectivity index (χ0) is 23.1. The number of nitrogens with zero attached hydrogens (tertiary/aromatic N) is 1. The first kappa shape index (κ1) is 24.1. The second-order valence-corrected chi connectivity index (χ2v) is 8.30. The minimum atomic E-state index is -1.31. The van der Waals surface area contributed by atoms with Crippen LogP contribution in [0.3, 0.4) is 0 Å². The molecule has 3 rings (SSSR count). The summed E-state index contributed by atoms with van der Waals surface area (Å²) in [5.74, 6) is 0.305. The summed E-state index contributed by atoms with van der Waals surface area (Å²) in [7, 11) is 1.52. The maximum Gasteiger partial charge on any atom is 0.273 e. The van der Waals surface area contributed by atoms with Gasteiger partial charge < -0.3 is 14.6 Å². The number of aliphatic hydroxyl groups is 1. The van der Waals surface area contributed by atoms with Crippen molar-refractivity contribution in [3.63, 3.8) is 0 Å². The highest BCUT2D eigenvalue weighted by Gasteiger charge is 2.16. The number of carbonyl (C=O) groups excluding carboxylic acids is 1. The van der Waals surface area contributed by atoms with E-state index in [0.717, 1.165) is 5.56 Å². The number of benzene rings is 3. The molecule has 6 nitrogen and oxygen atoms in total. The van der Waals surface area contributed by atoms with Gasteiger partial charge >= 0.3 is 0 Å². The zero-order valence-corrected chi connectivity index (χ0v) is 20.0. The number of halogens is 3. The van der Waals surface area contributed by atoms with E-state index in [-0.39, 0.29) is 6.61 Å². The minimum Gasteiger partial charge on any atom is -0.493 e. The molecular formula is C23H19BrCl2N2O4. The van der Waals surface area contributed by atoms with Crippen LogP contribution in [0.2, 0.25) is 10.0 Å². The third-order valence-electron chi connectivity index (χ3n) is 4.39. The first-order chi connectivity index (χ1) is 15.4. The van der Waals surface area contributed by atoms with Gasteiger partial charge in [0, 0.05) is 15.6 Å². The number of hydrogen-bond donors (Lipinski definition) is 2. The molecule has 0 radical (unpaired) electrons. The lowest BCUT2D eigenvalue weighted by atomic mass is 10.1. The van der Waals surface area contributed by atoms with Crippen LogP contribution in [-0.4, -0.2) is 24.3 Å². The summed E-state index contributed by atoms with van der Waals surface area (Å²) in [6.07, 6.45) is 0.119. The predicted octanol–water partition coefficient (Wildman–Crippen LogP) is 5.53. The van der Waals surface area contributed by atoms with Crippen LogP contribution in [0.4, 0.5) is 0 Å². The molecule has 0 fully saturated rings. The standard InChI is InChI=1S/C23H19BrCl2N2O4/c1-31-20-10-14(12-27-28-23(30)21(29)15-5-3-2-4-6-15)9-18(24)22(20)32-13-16-7-8-17(25)11-19(16)26/h2-12,21,29H,13H2,1H3,(H,28,30)/b27-12-/t21-/m0/s1. The Morgan fingerprint density at radius 2 is 1.94 bits per heavy atom. The predicted molar refractivity (Wildman–Crippen MR) is 129 cm³/mol. The highest BCUT2D eigenvalue weighted by Crippen LogP contribution is 2.37. The fourth-order valence-electron chi connectivity index (χ4n) is 2.76. The highest BCUT2D eigenvalue weighted by molar-refractivity contribution is 9.10. The van der Waals surface area contributed by atoms with Crippen molar-refractivity contribution in [2.45, 2.75) is 12.7 Å². The van der Waals surface area contributed by atoms with Crippen molar-refractivity contribution in [1.82, 2.24) is 5.43 Å². The molecule has 0 saturated heterocycles. The Kier molecular flexibility index (Phi) is 8.53. The van der Waals surface area contributed by atoms with Crippen LogP contribution in [0, 0.1) is 0 Å². The van der Waals surface area contributed by atoms with E-state index >= 15 is 0 Å². The number of amides is 1. The summed E-state index contributed by atoms with van der Waals surface area (Å²) in [5.41, 5.74) is 4.22. The van der Waals surface area contributed by atoms with Crippen LogP contribution < -0.4 is 14.9 Å². The molecule has 1 amide bonds. The molecular weight excluding hydrogens is 519 g/mol. The van der Waals surface area contributed by atoms with Crippen molar-refractivity contribution in [2.24, 2.45) is 5.10 Å². The lowest BCUT2D eigenvalue weighted by molar-refractivity contribution is -0.129. The number of carbonyl (C=O) groups is 1. The van der Waals surface area contributed by atoms with E-state index < -0.39 is 12.0 Å². The van der Waals surface area contributed by atoms with Crippen molar-refractivity contribution < 1.29 is 19.4 Å². The molecule has 3 aromatic carbocycles. The molecule has 0 aliphatic heterocycles. The van der Waals surface area contributed by atoms with Crippen LogP contribution in [0.5, 0.6) is 11.5 Å². The van der Waals surface area contributed by atoms with E-state index in [9.17, 15) is 9.90 Å². The molecule has 2 N–H and O–H groups in total. The van der Waals surface area contributed by atoms with Gasteiger partial charge in [-0.15, -0.1) is 0 Å². The Morgan fingerprint density at radius 3 is 2.62 bits per heavy atom. The normalized spacial score (nSPS) is 11.9. The number of rotatable bonds is 8. The average Bonchev–Trinajstić information content (AvgIpc) is 2.79. The summed E-state index contributed by atoms with van der Waals surface area (Å²) in [6.45, 7) is 0.214. The number of ether oxygens (including phenoxy) is 2. The zero-order valence-electron chi connectivity index (χ0n) is 16.9. The molecule has 0 aromatic heterocycles. The Labute approximate surface area is 203 Å². The lowest BCUT2D eigenvalue weighted by Gasteiger charge is -2.14. The fraction of sp³-hybridized carbons (Fsp3) is 0.130. The molecule has 0 bridgehead atoms. The van der Waals surface area contributed by atoms with Gasteiger partial charge in [0.2, 0.25) is 0 Å².